The molecule has 2 amide bonds. The molecule has 5 heteroatoms. The van der Waals surface area contributed by atoms with Gasteiger partial charge >= 0.3 is 6.03 Å². The van der Waals surface area contributed by atoms with Crippen LogP contribution in [0.15, 0.2) is 42.6 Å². The highest BCUT2D eigenvalue weighted by Crippen LogP contribution is 2.33. The van der Waals surface area contributed by atoms with E-state index in [4.69, 9.17) is 0 Å². The minimum Gasteiger partial charge on any atom is -0.361 e. The number of fused-ring (bicyclic) bond motifs is 2. The first-order chi connectivity index (χ1) is 13.3. The Morgan fingerprint density at radius 3 is 2.85 bits per heavy atom. The average Bonchev–Trinajstić information content (AvgIpc) is 3.34. The number of rotatable bonds is 2. The molecule has 0 bridgehead atoms. The molecule has 2 aliphatic rings. The molecule has 0 radical (unpaired) electrons. The Morgan fingerprint density at radius 2 is 1.96 bits per heavy atom. The summed E-state index contributed by atoms with van der Waals surface area (Å²) in [6.45, 7) is 1.56. The van der Waals surface area contributed by atoms with Gasteiger partial charge in [-0.15, -0.1) is 0 Å². The summed E-state index contributed by atoms with van der Waals surface area (Å²) in [7, 11) is 0. The lowest BCUT2D eigenvalue weighted by molar-refractivity contribution is 0.194. The van der Waals surface area contributed by atoms with E-state index in [2.05, 4.69) is 51.8 Å². The van der Waals surface area contributed by atoms with Gasteiger partial charge in [0.05, 0.1) is 0 Å². The Morgan fingerprint density at radius 1 is 1.11 bits per heavy atom. The van der Waals surface area contributed by atoms with Gasteiger partial charge in [-0.3, -0.25) is 5.32 Å². The Labute approximate surface area is 158 Å². The van der Waals surface area contributed by atoms with E-state index >= 15 is 0 Å². The molecule has 0 saturated carbocycles. The standard InChI is InChI=1S/C22H24N4O/c27-22(25-21-9-8-16-4-3-7-19(16)24-21)26-12-10-15(11-13-26)18-14-23-20-6-2-1-5-17(18)20/h1-2,5-6,8-9,14-15,23H,3-4,7,10-13H2,(H,24,25,27). The molecule has 3 heterocycles. The number of hydrogen-bond acceptors (Lipinski definition) is 2. The van der Waals surface area contributed by atoms with Crippen LogP contribution in [0.25, 0.3) is 10.9 Å². The number of anilines is 1. The number of hydrogen-bond donors (Lipinski definition) is 2. The van der Waals surface area contributed by atoms with Gasteiger partial charge in [-0.05, 0) is 61.3 Å². The number of likely N-dealkylation sites (tertiary alicyclic amines) is 1. The van der Waals surface area contributed by atoms with E-state index in [1.165, 1.54) is 28.5 Å². The van der Waals surface area contributed by atoms with Gasteiger partial charge in [-0.2, -0.15) is 0 Å². The van der Waals surface area contributed by atoms with Gasteiger partial charge in [-0.25, -0.2) is 9.78 Å². The molecule has 0 spiro atoms. The first-order valence-electron chi connectivity index (χ1n) is 9.89. The topological polar surface area (TPSA) is 61.0 Å². The third-order valence-corrected chi connectivity index (χ3v) is 6.01. The molecule has 0 unspecified atom stereocenters. The number of urea groups is 1. The minimum atomic E-state index is -0.0298. The second-order valence-electron chi connectivity index (χ2n) is 7.64. The zero-order valence-corrected chi connectivity index (χ0v) is 15.4. The number of carbonyl (C=O) groups is 1. The highest BCUT2D eigenvalue weighted by atomic mass is 16.2. The van der Waals surface area contributed by atoms with E-state index in [-0.39, 0.29) is 6.03 Å². The van der Waals surface area contributed by atoms with Crippen LogP contribution >= 0.6 is 0 Å². The predicted octanol–water partition coefficient (Wildman–Crippen LogP) is 4.46. The molecular weight excluding hydrogens is 336 g/mol. The van der Waals surface area contributed by atoms with Gasteiger partial charge in [0.25, 0.3) is 0 Å². The molecule has 0 atom stereocenters. The number of pyridine rings is 1. The highest BCUT2D eigenvalue weighted by molar-refractivity contribution is 5.88. The SMILES string of the molecule is O=C(Nc1ccc2c(n1)CCC2)N1CCC(c2c[nH]c3ccccc23)CC1. The minimum absolute atomic E-state index is 0.0298. The lowest BCUT2D eigenvalue weighted by Gasteiger charge is -2.32. The number of aromatic amines is 1. The fourth-order valence-corrected chi connectivity index (χ4v) is 4.50. The number of para-hydroxylation sites is 1. The summed E-state index contributed by atoms with van der Waals surface area (Å²) in [5.74, 6) is 1.18. The van der Waals surface area contributed by atoms with Crippen LogP contribution in [0.3, 0.4) is 0 Å². The van der Waals surface area contributed by atoms with Gasteiger partial charge in [0, 0.05) is 35.9 Å². The van der Waals surface area contributed by atoms with E-state index in [0.29, 0.717) is 11.7 Å². The summed E-state index contributed by atoms with van der Waals surface area (Å²) in [4.78, 5) is 22.5. The second-order valence-corrected chi connectivity index (χ2v) is 7.64. The van der Waals surface area contributed by atoms with E-state index in [9.17, 15) is 4.79 Å². The van der Waals surface area contributed by atoms with Crippen LogP contribution in [0, 0.1) is 0 Å². The van der Waals surface area contributed by atoms with Crippen LogP contribution in [-0.4, -0.2) is 34.0 Å². The number of nitrogens with one attached hydrogen (secondary N) is 2. The fraction of sp³-hybridized carbons (Fsp3) is 0.364. The van der Waals surface area contributed by atoms with Crippen molar-refractivity contribution < 1.29 is 4.79 Å². The molecule has 3 aromatic rings. The first-order valence-corrected chi connectivity index (χ1v) is 9.89. The Balaban J connectivity index is 1.23. The van der Waals surface area contributed by atoms with Gasteiger partial charge in [-0.1, -0.05) is 24.3 Å². The normalized spacial score (nSPS) is 17.3. The Bertz CT molecular complexity index is 985. The molecule has 1 aromatic carbocycles. The van der Waals surface area contributed by atoms with E-state index in [1.807, 2.05) is 11.0 Å². The van der Waals surface area contributed by atoms with Crippen molar-refractivity contribution in [3.63, 3.8) is 0 Å². The molecular formula is C22H24N4O. The van der Waals surface area contributed by atoms with Gasteiger partial charge in [0.2, 0.25) is 0 Å². The number of H-pyrrole nitrogens is 1. The van der Waals surface area contributed by atoms with E-state index < -0.39 is 0 Å². The van der Waals surface area contributed by atoms with Crippen molar-refractivity contribution in [1.82, 2.24) is 14.9 Å². The number of piperidine rings is 1. The maximum absolute atomic E-state index is 12.6. The van der Waals surface area contributed by atoms with Gasteiger partial charge in [0.1, 0.15) is 5.82 Å². The maximum Gasteiger partial charge on any atom is 0.323 e. The number of aromatic nitrogens is 2. The summed E-state index contributed by atoms with van der Waals surface area (Å²) >= 11 is 0. The predicted molar refractivity (Wildman–Crippen MR) is 107 cm³/mol. The van der Waals surface area contributed by atoms with Crippen molar-refractivity contribution >= 4 is 22.8 Å². The van der Waals surface area contributed by atoms with Crippen molar-refractivity contribution in [2.24, 2.45) is 0 Å². The Hall–Kier alpha value is -2.82. The molecule has 5 rings (SSSR count). The fourth-order valence-electron chi connectivity index (χ4n) is 4.50. The number of amides is 2. The molecule has 138 valence electrons. The third kappa shape index (κ3) is 3.07. The van der Waals surface area contributed by atoms with Crippen molar-refractivity contribution in [3.8, 4) is 0 Å². The summed E-state index contributed by atoms with van der Waals surface area (Å²) in [6.07, 6.45) is 7.42. The summed E-state index contributed by atoms with van der Waals surface area (Å²) < 4.78 is 0. The summed E-state index contributed by atoms with van der Waals surface area (Å²) in [5.41, 5.74) is 5.04. The zero-order valence-electron chi connectivity index (χ0n) is 15.4. The van der Waals surface area contributed by atoms with Crippen LogP contribution in [0.5, 0.6) is 0 Å². The lowest BCUT2D eigenvalue weighted by atomic mass is 9.89. The van der Waals surface area contributed by atoms with Crippen molar-refractivity contribution in [3.05, 3.63) is 59.4 Å². The van der Waals surface area contributed by atoms with E-state index in [0.717, 1.165) is 44.5 Å². The van der Waals surface area contributed by atoms with Gasteiger partial charge in [0.15, 0.2) is 0 Å². The highest BCUT2D eigenvalue weighted by Gasteiger charge is 2.25. The first kappa shape index (κ1) is 16.4. The summed E-state index contributed by atoms with van der Waals surface area (Å²) in [5, 5.41) is 4.30. The van der Waals surface area contributed by atoms with E-state index in [1.54, 1.807) is 0 Å². The second kappa shape index (κ2) is 6.72. The van der Waals surface area contributed by atoms with Crippen LogP contribution in [0.1, 0.15) is 42.0 Å². The molecule has 5 nitrogen and oxygen atoms in total. The van der Waals surface area contributed by atoms with Gasteiger partial charge < -0.3 is 9.88 Å². The van der Waals surface area contributed by atoms with Crippen molar-refractivity contribution in [1.29, 1.82) is 0 Å². The number of benzene rings is 1. The monoisotopic (exact) mass is 360 g/mol. The third-order valence-electron chi connectivity index (χ3n) is 6.01. The van der Waals surface area contributed by atoms with Crippen molar-refractivity contribution in [2.75, 3.05) is 18.4 Å². The van der Waals surface area contributed by atoms with Crippen LogP contribution in [0.2, 0.25) is 0 Å². The average molecular weight is 360 g/mol. The Kier molecular flexibility index (Phi) is 4.07. The maximum atomic E-state index is 12.6. The van der Waals surface area contributed by atoms with Crippen LogP contribution < -0.4 is 5.32 Å². The van der Waals surface area contributed by atoms with Crippen LogP contribution in [-0.2, 0) is 12.8 Å². The van der Waals surface area contributed by atoms with Crippen molar-refractivity contribution in [2.45, 2.75) is 38.0 Å². The molecule has 2 aromatic heterocycles. The number of aryl methyl sites for hydroxylation is 2. The zero-order chi connectivity index (χ0) is 18.2. The lowest BCUT2D eigenvalue weighted by Crippen LogP contribution is -2.40. The molecule has 2 N–H and O–H groups in total. The number of nitrogens with zero attached hydrogens (tertiary/aromatic N) is 2. The largest absolute Gasteiger partial charge is 0.361 e. The molecule has 1 aliphatic heterocycles. The molecule has 1 aliphatic carbocycles. The summed E-state index contributed by atoms with van der Waals surface area (Å²) in [6, 6.07) is 12.5. The number of carbonyl (C=O) groups excluding carboxylic acids is 1. The molecule has 1 saturated heterocycles. The molecule has 27 heavy (non-hydrogen) atoms. The smallest absolute Gasteiger partial charge is 0.323 e. The van der Waals surface area contributed by atoms with Crippen LogP contribution in [0.4, 0.5) is 10.6 Å². The quantitative estimate of drug-likeness (QED) is 0.709. The molecule has 1 fully saturated rings.